The van der Waals surface area contributed by atoms with Crippen LogP contribution >= 0.6 is 0 Å². The molecule has 144 valence electrons. The molecule has 3 nitrogen and oxygen atoms in total. The SMILES string of the molecule is CC(C[C@@H](O[Si](C)(C)C(C)(C)C)[C@H](C)C=O)O[Si](C)(C)C(C)(C)C. The molecule has 0 fully saturated rings. The van der Waals surface area contributed by atoms with E-state index in [2.05, 4.69) is 74.7 Å². The minimum absolute atomic E-state index is 0.0665. The maximum atomic E-state index is 11.4. The third-order valence-corrected chi connectivity index (χ3v) is 15.0. The van der Waals surface area contributed by atoms with Gasteiger partial charge in [0.1, 0.15) is 6.29 Å². The molecule has 0 bridgehead atoms. The van der Waals surface area contributed by atoms with E-state index in [-0.39, 0.29) is 28.2 Å². The van der Waals surface area contributed by atoms with Crippen LogP contribution in [0.3, 0.4) is 0 Å². The largest absolute Gasteiger partial charge is 0.414 e. The van der Waals surface area contributed by atoms with E-state index in [0.29, 0.717) is 0 Å². The fourth-order valence-electron chi connectivity index (χ4n) is 2.07. The fourth-order valence-corrected chi connectivity index (χ4v) is 4.94. The Morgan fingerprint density at radius 3 is 1.54 bits per heavy atom. The number of carbonyl (C=O) groups is 1. The van der Waals surface area contributed by atoms with Gasteiger partial charge in [0.25, 0.3) is 0 Å². The minimum Gasteiger partial charge on any atom is -0.414 e. The van der Waals surface area contributed by atoms with E-state index < -0.39 is 16.6 Å². The molecule has 5 heteroatoms. The van der Waals surface area contributed by atoms with Crippen LogP contribution in [0.25, 0.3) is 0 Å². The molecule has 0 aliphatic rings. The van der Waals surface area contributed by atoms with Gasteiger partial charge in [0.2, 0.25) is 0 Å². The van der Waals surface area contributed by atoms with Gasteiger partial charge in [-0.1, -0.05) is 48.5 Å². The van der Waals surface area contributed by atoms with Gasteiger partial charge in [0.15, 0.2) is 16.6 Å². The summed E-state index contributed by atoms with van der Waals surface area (Å²) in [6.07, 6.45) is 1.83. The van der Waals surface area contributed by atoms with E-state index in [1.807, 2.05) is 6.92 Å². The summed E-state index contributed by atoms with van der Waals surface area (Å²) in [5.74, 6) is -0.107. The van der Waals surface area contributed by atoms with Crippen LogP contribution in [0.4, 0.5) is 0 Å². The van der Waals surface area contributed by atoms with Gasteiger partial charge in [0, 0.05) is 12.0 Å². The molecule has 0 aromatic carbocycles. The van der Waals surface area contributed by atoms with Crippen molar-refractivity contribution >= 4 is 22.9 Å². The third kappa shape index (κ3) is 6.73. The highest BCUT2D eigenvalue weighted by molar-refractivity contribution is 6.74. The standard InChI is InChI=1S/C19H42O3Si2/c1-15(14-20)17(22-24(11,12)19(6,7)8)13-16(2)21-23(9,10)18(3,4)5/h14-17H,13H2,1-12H3/t15-,16?,17-/m1/s1. The lowest BCUT2D eigenvalue weighted by Gasteiger charge is -2.42. The Labute approximate surface area is 153 Å². The van der Waals surface area contributed by atoms with Gasteiger partial charge in [-0.15, -0.1) is 0 Å². The highest BCUT2D eigenvalue weighted by atomic mass is 28.4. The summed E-state index contributed by atoms with van der Waals surface area (Å²) in [7, 11) is -3.72. The number of rotatable bonds is 8. The Morgan fingerprint density at radius 2 is 1.21 bits per heavy atom. The van der Waals surface area contributed by atoms with Crippen molar-refractivity contribution in [3.63, 3.8) is 0 Å². The number of hydrogen-bond donors (Lipinski definition) is 0. The molecule has 0 radical (unpaired) electrons. The molecule has 0 rings (SSSR count). The van der Waals surface area contributed by atoms with E-state index >= 15 is 0 Å². The molecule has 0 heterocycles. The zero-order valence-corrected chi connectivity index (χ0v) is 20.2. The van der Waals surface area contributed by atoms with Crippen molar-refractivity contribution in [2.45, 2.75) is 110 Å². The summed E-state index contributed by atoms with van der Waals surface area (Å²) in [6, 6.07) is 0. The average molecular weight is 375 g/mol. The normalized spacial score (nSPS) is 18.2. The van der Waals surface area contributed by atoms with Gasteiger partial charge in [-0.25, -0.2) is 0 Å². The Bertz CT molecular complexity index is 406. The summed E-state index contributed by atoms with van der Waals surface area (Å²) >= 11 is 0. The lowest BCUT2D eigenvalue weighted by Crippen LogP contribution is -2.48. The lowest BCUT2D eigenvalue weighted by molar-refractivity contribution is -0.113. The zero-order chi connectivity index (χ0) is 19.6. The first-order valence-electron chi connectivity index (χ1n) is 9.25. The van der Waals surface area contributed by atoms with Crippen molar-refractivity contribution in [1.82, 2.24) is 0 Å². The second-order valence-electron chi connectivity index (χ2n) is 10.3. The molecule has 24 heavy (non-hydrogen) atoms. The predicted octanol–water partition coefficient (Wildman–Crippen LogP) is 6.01. The lowest BCUT2D eigenvalue weighted by atomic mass is 10.0. The van der Waals surface area contributed by atoms with Crippen molar-refractivity contribution in [2.24, 2.45) is 5.92 Å². The molecular weight excluding hydrogens is 332 g/mol. The summed E-state index contributed by atoms with van der Waals surface area (Å²) in [5, 5.41) is 0.324. The quantitative estimate of drug-likeness (QED) is 0.385. The van der Waals surface area contributed by atoms with Crippen molar-refractivity contribution in [2.75, 3.05) is 0 Å². The molecule has 0 aliphatic heterocycles. The monoisotopic (exact) mass is 374 g/mol. The van der Waals surface area contributed by atoms with Crippen molar-refractivity contribution in [3.05, 3.63) is 0 Å². The van der Waals surface area contributed by atoms with Crippen molar-refractivity contribution in [3.8, 4) is 0 Å². The first-order chi connectivity index (χ1) is 10.4. The molecule has 0 saturated heterocycles. The van der Waals surface area contributed by atoms with Gasteiger partial charge in [0.05, 0.1) is 6.10 Å². The molecule has 0 aromatic rings. The van der Waals surface area contributed by atoms with E-state index in [1.165, 1.54) is 0 Å². The van der Waals surface area contributed by atoms with Crippen LogP contribution < -0.4 is 0 Å². The first-order valence-corrected chi connectivity index (χ1v) is 15.1. The summed E-state index contributed by atoms with van der Waals surface area (Å²) < 4.78 is 13.1. The fraction of sp³-hybridized carbons (Fsp3) is 0.947. The molecule has 0 spiro atoms. The maximum Gasteiger partial charge on any atom is 0.192 e. The second kappa shape index (κ2) is 8.15. The van der Waals surface area contributed by atoms with E-state index in [4.69, 9.17) is 8.85 Å². The highest BCUT2D eigenvalue weighted by Gasteiger charge is 2.42. The van der Waals surface area contributed by atoms with Crippen molar-refractivity contribution < 1.29 is 13.6 Å². The molecular formula is C19H42O3Si2. The molecule has 0 N–H and O–H groups in total. The van der Waals surface area contributed by atoms with Crippen molar-refractivity contribution in [1.29, 1.82) is 0 Å². The van der Waals surface area contributed by atoms with E-state index in [0.717, 1.165) is 12.7 Å². The minimum atomic E-state index is -1.91. The number of aldehydes is 1. The van der Waals surface area contributed by atoms with Gasteiger partial charge >= 0.3 is 0 Å². The van der Waals surface area contributed by atoms with Crippen LogP contribution in [0.5, 0.6) is 0 Å². The van der Waals surface area contributed by atoms with Gasteiger partial charge < -0.3 is 13.6 Å². The summed E-state index contributed by atoms with van der Waals surface area (Å²) in [6.45, 7) is 26.6. The first kappa shape index (κ1) is 24.0. The van der Waals surface area contributed by atoms with E-state index in [1.54, 1.807) is 0 Å². The number of carbonyl (C=O) groups excluding carboxylic acids is 1. The smallest absolute Gasteiger partial charge is 0.192 e. The Balaban J connectivity index is 5.15. The summed E-state index contributed by atoms with van der Waals surface area (Å²) in [4.78, 5) is 11.4. The Kier molecular flexibility index (Phi) is 8.16. The topological polar surface area (TPSA) is 35.5 Å². The number of hydrogen-bond acceptors (Lipinski definition) is 3. The average Bonchev–Trinajstić information content (AvgIpc) is 2.33. The second-order valence-corrected chi connectivity index (χ2v) is 19.8. The predicted molar refractivity (Wildman–Crippen MR) is 110 cm³/mol. The highest BCUT2D eigenvalue weighted by Crippen LogP contribution is 2.40. The van der Waals surface area contributed by atoms with Crippen LogP contribution in [-0.2, 0) is 13.6 Å². The molecule has 0 aliphatic carbocycles. The van der Waals surface area contributed by atoms with Crippen LogP contribution in [0.2, 0.25) is 36.3 Å². The van der Waals surface area contributed by atoms with E-state index in [9.17, 15) is 4.79 Å². The molecule has 3 atom stereocenters. The maximum absolute atomic E-state index is 11.4. The Hall–Kier alpha value is 0.0238. The zero-order valence-electron chi connectivity index (χ0n) is 18.2. The third-order valence-electron chi connectivity index (χ3n) is 5.92. The van der Waals surface area contributed by atoms with Gasteiger partial charge in [-0.05, 0) is 49.6 Å². The van der Waals surface area contributed by atoms with Gasteiger partial charge in [-0.3, -0.25) is 0 Å². The molecule has 0 saturated carbocycles. The van der Waals surface area contributed by atoms with Crippen LogP contribution in [-0.4, -0.2) is 35.1 Å². The Morgan fingerprint density at radius 1 is 0.833 bits per heavy atom. The summed E-state index contributed by atoms with van der Waals surface area (Å²) in [5.41, 5.74) is 0. The molecule has 1 unspecified atom stereocenters. The van der Waals surface area contributed by atoms with Crippen LogP contribution in [0.15, 0.2) is 0 Å². The van der Waals surface area contributed by atoms with Crippen LogP contribution in [0, 0.1) is 5.92 Å². The molecule has 0 amide bonds. The molecule has 0 aromatic heterocycles. The van der Waals surface area contributed by atoms with Crippen LogP contribution in [0.1, 0.15) is 61.8 Å². The van der Waals surface area contributed by atoms with Gasteiger partial charge in [-0.2, -0.15) is 0 Å².